The molecule has 0 bridgehead atoms. The van der Waals surface area contributed by atoms with Crippen molar-refractivity contribution < 1.29 is 0 Å². The first-order valence-electron chi connectivity index (χ1n) is 13.1. The van der Waals surface area contributed by atoms with Gasteiger partial charge in [0.15, 0.2) is 8.80 Å². The average Bonchev–Trinajstić information content (AvgIpc) is 2.85. The molecule has 0 aliphatic carbocycles. The van der Waals surface area contributed by atoms with E-state index in [1.54, 1.807) is 0 Å². The van der Waals surface area contributed by atoms with Crippen molar-refractivity contribution in [2.45, 2.75) is 41.5 Å². The molecule has 5 aromatic carbocycles. The lowest BCUT2D eigenvalue weighted by atomic mass is 9.89. The Hall–Kier alpha value is -3.68. The zero-order valence-electron chi connectivity index (χ0n) is 22.8. The second-order valence-corrected chi connectivity index (χ2v) is 12.8. The smallest absolute Gasteiger partial charge is 0.0624 e. The van der Waals surface area contributed by atoms with E-state index in [0.717, 1.165) is 0 Å². The fraction of sp³-hybridized carbons (Fsp3) is 0.167. The lowest BCUT2D eigenvalue weighted by Gasteiger charge is -2.27. The minimum absolute atomic E-state index is 1.32. The highest BCUT2D eigenvalue weighted by molar-refractivity contribution is 6.97. The first kappa shape index (κ1) is 25.0. The maximum Gasteiger partial charge on any atom is 0.156 e. The Morgan fingerprint density at radius 1 is 0.405 bits per heavy atom. The Bertz CT molecular complexity index is 1400. The van der Waals surface area contributed by atoms with Gasteiger partial charge in [-0.3, -0.25) is 0 Å². The van der Waals surface area contributed by atoms with Gasteiger partial charge in [0.25, 0.3) is 0 Å². The Balaban J connectivity index is 1.94. The summed E-state index contributed by atoms with van der Waals surface area (Å²) in [5, 5.41) is 4.31. The van der Waals surface area contributed by atoms with Crippen molar-refractivity contribution in [3.63, 3.8) is 0 Å². The van der Waals surface area contributed by atoms with Crippen molar-refractivity contribution in [3.8, 4) is 22.3 Å². The molecule has 5 aromatic rings. The first-order chi connectivity index (χ1) is 17.8. The zero-order valence-corrected chi connectivity index (χ0v) is 23.8. The number of aryl methyl sites for hydroxylation is 6. The van der Waals surface area contributed by atoms with E-state index in [-0.39, 0.29) is 0 Å². The third-order valence-electron chi connectivity index (χ3n) is 7.33. The standard InChI is InChI=1S/C36H35Si/c1-24-20-26(3)34(27(4)21-24)32-18-13-19-33(35-28(5)22-25(2)23-29(35)6)36(32)37(30-14-9-7-10-15-30)31-16-11-8-12-17-31/h7-23H,1-6H3. The Morgan fingerprint density at radius 2 is 0.757 bits per heavy atom. The fourth-order valence-electron chi connectivity index (χ4n) is 6.11. The van der Waals surface area contributed by atoms with Gasteiger partial charge in [0.05, 0.1) is 0 Å². The second-order valence-electron chi connectivity index (χ2n) is 10.4. The average molecular weight is 496 g/mol. The molecule has 0 atom stereocenters. The topological polar surface area (TPSA) is 0 Å². The molecule has 0 fully saturated rings. The highest BCUT2D eigenvalue weighted by Crippen LogP contribution is 2.33. The summed E-state index contributed by atoms with van der Waals surface area (Å²) in [6, 6.07) is 38.6. The van der Waals surface area contributed by atoms with E-state index in [1.807, 2.05) is 0 Å². The van der Waals surface area contributed by atoms with Crippen molar-refractivity contribution in [1.82, 2.24) is 0 Å². The van der Waals surface area contributed by atoms with Gasteiger partial charge in [-0.05, 0) is 91.2 Å². The van der Waals surface area contributed by atoms with Crippen LogP contribution in [0, 0.1) is 41.5 Å². The molecule has 0 aromatic heterocycles. The molecule has 0 saturated carbocycles. The van der Waals surface area contributed by atoms with Gasteiger partial charge in [0.1, 0.15) is 0 Å². The Kier molecular flexibility index (Phi) is 6.99. The fourth-order valence-corrected chi connectivity index (χ4v) is 9.03. The third kappa shape index (κ3) is 4.84. The molecular formula is C36H35Si. The van der Waals surface area contributed by atoms with Crippen LogP contribution in [0.2, 0.25) is 0 Å². The van der Waals surface area contributed by atoms with Crippen LogP contribution < -0.4 is 15.6 Å². The maximum atomic E-state index is 2.36. The van der Waals surface area contributed by atoms with E-state index in [9.17, 15) is 0 Å². The molecular weight excluding hydrogens is 460 g/mol. The van der Waals surface area contributed by atoms with Crippen molar-refractivity contribution in [3.05, 3.63) is 137 Å². The second kappa shape index (κ2) is 10.4. The van der Waals surface area contributed by atoms with E-state index in [1.165, 1.54) is 71.2 Å². The summed E-state index contributed by atoms with van der Waals surface area (Å²) in [5.41, 5.74) is 13.5. The molecule has 5 rings (SSSR count). The highest BCUT2D eigenvalue weighted by atomic mass is 28.3. The van der Waals surface area contributed by atoms with Gasteiger partial charge in [0.2, 0.25) is 0 Å². The van der Waals surface area contributed by atoms with Gasteiger partial charge in [-0.2, -0.15) is 0 Å². The molecule has 1 radical (unpaired) electrons. The predicted molar refractivity (Wildman–Crippen MR) is 163 cm³/mol. The third-order valence-corrected chi connectivity index (χ3v) is 10.2. The molecule has 0 aliphatic rings. The molecule has 0 unspecified atom stereocenters. The van der Waals surface area contributed by atoms with Crippen molar-refractivity contribution in [2.24, 2.45) is 0 Å². The molecule has 183 valence electrons. The van der Waals surface area contributed by atoms with Crippen LogP contribution in [0.25, 0.3) is 22.3 Å². The van der Waals surface area contributed by atoms with Crippen LogP contribution in [-0.2, 0) is 0 Å². The molecule has 0 nitrogen and oxygen atoms in total. The Labute approximate surface area is 224 Å². The number of hydrogen-bond acceptors (Lipinski definition) is 0. The maximum absolute atomic E-state index is 2.36. The van der Waals surface area contributed by atoms with Crippen LogP contribution in [0.5, 0.6) is 0 Å². The predicted octanol–water partition coefficient (Wildman–Crippen LogP) is 7.39. The largest absolute Gasteiger partial charge is 0.156 e. The van der Waals surface area contributed by atoms with Crippen LogP contribution in [0.4, 0.5) is 0 Å². The number of rotatable bonds is 5. The van der Waals surface area contributed by atoms with E-state index in [4.69, 9.17) is 0 Å². The van der Waals surface area contributed by atoms with E-state index >= 15 is 0 Å². The number of hydrogen-bond donors (Lipinski definition) is 0. The Morgan fingerprint density at radius 3 is 1.11 bits per heavy atom. The number of benzene rings is 5. The molecule has 0 amide bonds. The molecule has 1 heteroatoms. The van der Waals surface area contributed by atoms with E-state index in [0.29, 0.717) is 0 Å². The van der Waals surface area contributed by atoms with Crippen molar-refractivity contribution in [1.29, 1.82) is 0 Å². The minimum Gasteiger partial charge on any atom is -0.0624 e. The first-order valence-corrected chi connectivity index (χ1v) is 14.6. The van der Waals surface area contributed by atoms with Crippen LogP contribution in [-0.4, -0.2) is 8.80 Å². The summed E-state index contributed by atoms with van der Waals surface area (Å²) in [6.45, 7) is 13.5. The molecule has 0 saturated heterocycles. The van der Waals surface area contributed by atoms with Crippen molar-refractivity contribution in [2.75, 3.05) is 0 Å². The van der Waals surface area contributed by atoms with Gasteiger partial charge >= 0.3 is 0 Å². The van der Waals surface area contributed by atoms with Gasteiger partial charge < -0.3 is 0 Å². The van der Waals surface area contributed by atoms with Crippen LogP contribution in [0.3, 0.4) is 0 Å². The monoisotopic (exact) mass is 495 g/mol. The van der Waals surface area contributed by atoms with Gasteiger partial charge in [0, 0.05) is 0 Å². The molecule has 0 heterocycles. The van der Waals surface area contributed by atoms with Crippen LogP contribution >= 0.6 is 0 Å². The van der Waals surface area contributed by atoms with Gasteiger partial charge in [-0.15, -0.1) is 0 Å². The summed E-state index contributed by atoms with van der Waals surface area (Å²) in [7, 11) is -1.32. The highest BCUT2D eigenvalue weighted by Gasteiger charge is 2.28. The molecule has 37 heavy (non-hydrogen) atoms. The summed E-state index contributed by atoms with van der Waals surface area (Å²) >= 11 is 0. The molecule has 0 N–H and O–H groups in total. The summed E-state index contributed by atoms with van der Waals surface area (Å²) in [4.78, 5) is 0. The van der Waals surface area contributed by atoms with E-state index in [2.05, 4.69) is 145 Å². The quantitative estimate of drug-likeness (QED) is 0.176. The summed E-state index contributed by atoms with van der Waals surface area (Å²) in [6.07, 6.45) is 0. The summed E-state index contributed by atoms with van der Waals surface area (Å²) in [5.74, 6) is 0. The lowest BCUT2D eigenvalue weighted by molar-refractivity contribution is 1.31. The zero-order chi connectivity index (χ0) is 26.1. The minimum atomic E-state index is -1.32. The molecule has 0 aliphatic heterocycles. The van der Waals surface area contributed by atoms with Gasteiger partial charge in [-0.1, -0.05) is 125 Å². The lowest BCUT2D eigenvalue weighted by Crippen LogP contribution is -2.53. The van der Waals surface area contributed by atoms with Crippen LogP contribution in [0.15, 0.2) is 103 Å². The van der Waals surface area contributed by atoms with Crippen LogP contribution in [0.1, 0.15) is 33.4 Å². The molecule has 0 spiro atoms. The SMILES string of the molecule is Cc1cc(C)c(-c2cccc(-c3c(C)cc(C)cc3C)c2[Si](c2ccccc2)c2ccccc2)c(C)c1. The van der Waals surface area contributed by atoms with Gasteiger partial charge in [-0.25, -0.2) is 0 Å². The summed E-state index contributed by atoms with van der Waals surface area (Å²) < 4.78 is 0. The van der Waals surface area contributed by atoms with E-state index < -0.39 is 8.80 Å². The van der Waals surface area contributed by atoms with Crippen molar-refractivity contribution >= 4 is 24.4 Å². The normalized spacial score (nSPS) is 11.2.